The van der Waals surface area contributed by atoms with E-state index in [2.05, 4.69) is 40.5 Å². The molecular formula is C14H12N10O4. The van der Waals surface area contributed by atoms with Crippen LogP contribution in [0.1, 0.15) is 13.8 Å². The summed E-state index contributed by atoms with van der Waals surface area (Å²) in [5.41, 5.74) is -0.945. The number of nitrogens with zero attached hydrogens (tertiary/aromatic N) is 6. The Labute approximate surface area is 153 Å². The van der Waals surface area contributed by atoms with Crippen LogP contribution in [0.3, 0.4) is 0 Å². The number of H-pyrrole nitrogens is 2. The molecule has 4 N–H and O–H groups in total. The molecule has 14 heteroatoms. The summed E-state index contributed by atoms with van der Waals surface area (Å²) in [6, 6.07) is 0. The van der Waals surface area contributed by atoms with E-state index in [0.29, 0.717) is 0 Å². The van der Waals surface area contributed by atoms with Crippen molar-refractivity contribution in [1.29, 1.82) is 0 Å². The fraction of sp³-hybridized carbons (Fsp3) is 0.143. The van der Waals surface area contributed by atoms with Gasteiger partial charge in [-0.25, -0.2) is 19.3 Å². The number of hydrogen-bond donors (Lipinski definition) is 4. The SMILES string of the molecule is CC(=O)Nc1nc2c(ncn2-n2cnc3c(=O)[nH]c(NC(C)=O)nc32)c(=O)[nH]1. The van der Waals surface area contributed by atoms with Crippen LogP contribution in [-0.4, -0.2) is 51.1 Å². The quantitative estimate of drug-likeness (QED) is 0.338. The van der Waals surface area contributed by atoms with Gasteiger partial charge in [0.1, 0.15) is 12.7 Å². The lowest BCUT2D eigenvalue weighted by atomic mass is 10.5. The summed E-state index contributed by atoms with van der Waals surface area (Å²) < 4.78 is 2.66. The van der Waals surface area contributed by atoms with E-state index in [0.717, 1.165) is 0 Å². The smallest absolute Gasteiger partial charge is 0.280 e. The number of aromatic amines is 2. The zero-order valence-corrected chi connectivity index (χ0v) is 14.5. The molecule has 0 atom stereocenters. The van der Waals surface area contributed by atoms with Gasteiger partial charge in [0, 0.05) is 13.8 Å². The first-order valence-electron chi connectivity index (χ1n) is 7.84. The van der Waals surface area contributed by atoms with Crippen molar-refractivity contribution in [3.8, 4) is 0 Å². The standard InChI is InChI=1S/C14H12N10O4/c1-5(25)17-13-19-9-7(11(27)21-13)15-3-23(9)24-4-16-8-10(24)20-14(18-6(2)26)22-12(8)28/h3-4H,1-2H3,(H2,17,19,21,25,27)(H2,18,20,22,26,28). The molecule has 0 saturated carbocycles. The molecule has 0 bridgehead atoms. The van der Waals surface area contributed by atoms with Crippen molar-refractivity contribution in [1.82, 2.24) is 39.3 Å². The maximum absolute atomic E-state index is 12.2. The van der Waals surface area contributed by atoms with E-state index < -0.39 is 22.9 Å². The predicted molar refractivity (Wildman–Crippen MR) is 95.7 cm³/mol. The molecule has 0 aromatic carbocycles. The van der Waals surface area contributed by atoms with Crippen LogP contribution in [0.4, 0.5) is 11.9 Å². The highest BCUT2D eigenvalue weighted by molar-refractivity contribution is 5.88. The largest absolute Gasteiger partial charge is 0.296 e. The lowest BCUT2D eigenvalue weighted by molar-refractivity contribution is -0.115. The number of nitrogens with one attached hydrogen (secondary N) is 4. The van der Waals surface area contributed by atoms with E-state index in [9.17, 15) is 19.2 Å². The van der Waals surface area contributed by atoms with Crippen molar-refractivity contribution in [2.45, 2.75) is 13.8 Å². The first-order valence-corrected chi connectivity index (χ1v) is 7.84. The maximum atomic E-state index is 12.2. The minimum absolute atomic E-state index is 0.00266. The molecule has 0 radical (unpaired) electrons. The molecule has 0 saturated heterocycles. The predicted octanol–water partition coefficient (Wildman–Crippen LogP) is -1.22. The molecule has 14 nitrogen and oxygen atoms in total. The summed E-state index contributed by atoms with van der Waals surface area (Å²) in [6.07, 6.45) is 2.57. The van der Waals surface area contributed by atoms with Gasteiger partial charge < -0.3 is 0 Å². The van der Waals surface area contributed by atoms with Gasteiger partial charge in [0.05, 0.1) is 0 Å². The third-order valence-electron chi connectivity index (χ3n) is 3.60. The monoisotopic (exact) mass is 384 g/mol. The number of rotatable bonds is 3. The number of anilines is 2. The molecule has 4 rings (SSSR count). The Bertz CT molecular complexity index is 1270. The maximum Gasteiger partial charge on any atom is 0.280 e. The molecular weight excluding hydrogens is 372 g/mol. The van der Waals surface area contributed by atoms with Gasteiger partial charge in [-0.15, -0.1) is 0 Å². The van der Waals surface area contributed by atoms with Crippen LogP contribution in [0.25, 0.3) is 22.3 Å². The highest BCUT2D eigenvalue weighted by Crippen LogP contribution is 2.13. The molecule has 0 aliphatic rings. The summed E-state index contributed by atoms with van der Waals surface area (Å²) in [7, 11) is 0. The van der Waals surface area contributed by atoms with Gasteiger partial charge in [0.15, 0.2) is 22.3 Å². The summed E-state index contributed by atoms with van der Waals surface area (Å²) >= 11 is 0. The van der Waals surface area contributed by atoms with Crippen molar-refractivity contribution >= 4 is 46.0 Å². The highest BCUT2D eigenvalue weighted by Gasteiger charge is 2.17. The van der Waals surface area contributed by atoms with Crippen LogP contribution in [0.15, 0.2) is 22.2 Å². The van der Waals surface area contributed by atoms with Crippen LogP contribution in [0.2, 0.25) is 0 Å². The number of imidazole rings is 2. The average Bonchev–Trinajstić information content (AvgIpc) is 3.17. The molecule has 4 aromatic rings. The fourth-order valence-corrected chi connectivity index (χ4v) is 2.56. The summed E-state index contributed by atoms with van der Waals surface area (Å²) in [6.45, 7) is 2.54. The Morgan fingerprint density at radius 2 is 1.21 bits per heavy atom. The lowest BCUT2D eigenvalue weighted by Crippen LogP contribution is -2.19. The van der Waals surface area contributed by atoms with Crippen molar-refractivity contribution in [3.63, 3.8) is 0 Å². The molecule has 0 aliphatic carbocycles. The molecule has 4 aromatic heterocycles. The van der Waals surface area contributed by atoms with Gasteiger partial charge in [0.2, 0.25) is 23.7 Å². The number of carbonyl (C=O) groups is 2. The minimum Gasteiger partial charge on any atom is -0.296 e. The summed E-state index contributed by atoms with van der Waals surface area (Å²) in [4.78, 5) is 68.1. The lowest BCUT2D eigenvalue weighted by Gasteiger charge is -2.07. The Morgan fingerprint density at radius 3 is 1.57 bits per heavy atom. The van der Waals surface area contributed by atoms with Gasteiger partial charge >= 0.3 is 0 Å². The topological polar surface area (TPSA) is 185 Å². The molecule has 4 heterocycles. The van der Waals surface area contributed by atoms with Gasteiger partial charge in [-0.3, -0.25) is 39.8 Å². The number of aromatic nitrogens is 8. The second kappa shape index (κ2) is 6.11. The van der Waals surface area contributed by atoms with E-state index in [1.165, 1.54) is 35.9 Å². The summed E-state index contributed by atoms with van der Waals surface area (Å²) in [5.74, 6) is -0.980. The number of hydrogen-bond acceptors (Lipinski definition) is 8. The van der Waals surface area contributed by atoms with E-state index in [4.69, 9.17) is 0 Å². The molecule has 0 unspecified atom stereocenters. The fourth-order valence-electron chi connectivity index (χ4n) is 2.56. The Morgan fingerprint density at radius 1 is 0.821 bits per heavy atom. The molecule has 142 valence electrons. The van der Waals surface area contributed by atoms with Gasteiger partial charge in [0.25, 0.3) is 11.1 Å². The van der Waals surface area contributed by atoms with Gasteiger partial charge in [-0.1, -0.05) is 0 Å². The molecule has 0 spiro atoms. The number of amides is 2. The van der Waals surface area contributed by atoms with Crippen LogP contribution in [0.5, 0.6) is 0 Å². The van der Waals surface area contributed by atoms with Crippen molar-refractivity contribution in [2.75, 3.05) is 10.6 Å². The Kier molecular flexibility index (Phi) is 3.73. The first kappa shape index (κ1) is 17.1. The molecule has 2 amide bonds. The number of carbonyl (C=O) groups excluding carboxylic acids is 2. The third kappa shape index (κ3) is 2.77. The Hall–Kier alpha value is -4.36. The van der Waals surface area contributed by atoms with Crippen molar-refractivity contribution in [2.24, 2.45) is 0 Å². The minimum atomic E-state index is -0.568. The first-order chi connectivity index (χ1) is 13.3. The Balaban J connectivity index is 1.96. The third-order valence-corrected chi connectivity index (χ3v) is 3.60. The second-order valence-electron chi connectivity index (χ2n) is 5.71. The van der Waals surface area contributed by atoms with Gasteiger partial charge in [-0.2, -0.15) is 9.97 Å². The zero-order valence-electron chi connectivity index (χ0n) is 14.5. The van der Waals surface area contributed by atoms with Crippen LogP contribution in [-0.2, 0) is 9.59 Å². The number of fused-ring (bicyclic) bond motifs is 2. The van der Waals surface area contributed by atoms with E-state index in [1.54, 1.807) is 0 Å². The molecule has 0 fully saturated rings. The highest BCUT2D eigenvalue weighted by atomic mass is 16.2. The average molecular weight is 384 g/mol. The van der Waals surface area contributed by atoms with E-state index in [-0.39, 0.29) is 34.2 Å². The van der Waals surface area contributed by atoms with Gasteiger partial charge in [-0.05, 0) is 0 Å². The van der Waals surface area contributed by atoms with E-state index >= 15 is 0 Å². The van der Waals surface area contributed by atoms with Crippen LogP contribution >= 0.6 is 0 Å². The van der Waals surface area contributed by atoms with Crippen LogP contribution in [0, 0.1) is 0 Å². The van der Waals surface area contributed by atoms with Crippen LogP contribution < -0.4 is 21.8 Å². The summed E-state index contributed by atoms with van der Waals surface area (Å²) in [5, 5.41) is 4.77. The van der Waals surface area contributed by atoms with E-state index in [1.807, 2.05) is 0 Å². The normalized spacial score (nSPS) is 11.1. The molecule has 28 heavy (non-hydrogen) atoms. The van der Waals surface area contributed by atoms with Crippen molar-refractivity contribution < 1.29 is 9.59 Å². The second-order valence-corrected chi connectivity index (χ2v) is 5.71. The zero-order chi connectivity index (χ0) is 20.0. The van der Waals surface area contributed by atoms with Crippen molar-refractivity contribution in [3.05, 3.63) is 33.4 Å². The molecule has 0 aliphatic heterocycles.